The molecule has 2 heterocycles. The minimum Gasteiger partial charge on any atom is -0.305 e. The van der Waals surface area contributed by atoms with Crippen LogP contribution in [-0.4, -0.2) is 9.97 Å². The van der Waals surface area contributed by atoms with E-state index in [1.54, 1.807) is 0 Å². The number of halogens is 2. The average Bonchev–Trinajstić information content (AvgIpc) is 3.03. The van der Waals surface area contributed by atoms with Crippen LogP contribution < -0.4 is 5.56 Å². The molecule has 1 saturated carbocycles. The Labute approximate surface area is 128 Å². The van der Waals surface area contributed by atoms with Crippen molar-refractivity contribution in [1.29, 1.82) is 0 Å². The molecule has 0 spiro atoms. The van der Waals surface area contributed by atoms with Gasteiger partial charge in [0.15, 0.2) is 5.82 Å². The van der Waals surface area contributed by atoms with E-state index in [1.807, 2.05) is 12.1 Å². The number of nitrogens with zero attached hydrogens (tertiary/aromatic N) is 1. The Morgan fingerprint density at radius 1 is 1.37 bits per heavy atom. The summed E-state index contributed by atoms with van der Waals surface area (Å²) in [5.41, 5.74) is 0.775. The van der Waals surface area contributed by atoms with Crippen LogP contribution in [0.1, 0.15) is 37.3 Å². The molecule has 0 aliphatic heterocycles. The second-order valence-corrected chi connectivity index (χ2v) is 7.21. The largest absolute Gasteiger partial charge is 0.305 e. The Hall–Kier alpha value is -0.650. The summed E-state index contributed by atoms with van der Waals surface area (Å²) in [4.78, 5) is 20.4. The lowest BCUT2D eigenvalue weighted by Gasteiger charge is -2.11. The molecular weight excluding hydrogens is 348 g/mol. The average molecular weight is 360 g/mol. The normalized spacial score (nSPS) is 16.1. The summed E-state index contributed by atoms with van der Waals surface area (Å²) >= 11 is 10.7. The van der Waals surface area contributed by atoms with E-state index in [9.17, 15) is 4.79 Å². The van der Waals surface area contributed by atoms with Crippen LogP contribution in [0, 0.1) is 0 Å². The van der Waals surface area contributed by atoms with Crippen molar-refractivity contribution in [3.63, 3.8) is 0 Å². The van der Waals surface area contributed by atoms with E-state index in [-0.39, 0.29) is 5.56 Å². The molecule has 2 aromatic heterocycles. The van der Waals surface area contributed by atoms with Gasteiger partial charge in [-0.25, -0.2) is 4.98 Å². The predicted molar refractivity (Wildman–Crippen MR) is 82.1 cm³/mol. The van der Waals surface area contributed by atoms with Gasteiger partial charge in [0, 0.05) is 5.92 Å². The lowest BCUT2D eigenvalue weighted by atomic mass is 10.0. The third-order valence-electron chi connectivity index (χ3n) is 3.44. The highest BCUT2D eigenvalue weighted by molar-refractivity contribution is 9.10. The third kappa shape index (κ3) is 2.64. The van der Waals surface area contributed by atoms with Crippen molar-refractivity contribution in [1.82, 2.24) is 9.97 Å². The van der Waals surface area contributed by atoms with Crippen LogP contribution in [0.15, 0.2) is 21.4 Å². The van der Waals surface area contributed by atoms with Crippen molar-refractivity contribution in [3.8, 4) is 10.7 Å². The van der Waals surface area contributed by atoms with Gasteiger partial charge in [-0.2, -0.15) is 0 Å². The number of aromatic nitrogens is 2. The molecule has 3 nitrogen and oxygen atoms in total. The van der Waals surface area contributed by atoms with Gasteiger partial charge < -0.3 is 4.98 Å². The molecule has 0 unspecified atom stereocenters. The maximum Gasteiger partial charge on any atom is 0.265 e. The standard InChI is InChI=1S/C13H12BrClN2OS/c14-10-11(7-3-1-2-4-7)16-12(17-13(10)18)8-5-6-9(15)19-8/h5-7H,1-4H2,(H,16,17,18). The number of nitrogens with one attached hydrogen (secondary N) is 1. The molecule has 2 aromatic rings. The van der Waals surface area contributed by atoms with Crippen molar-refractivity contribution >= 4 is 38.9 Å². The van der Waals surface area contributed by atoms with Crippen LogP contribution in [0.25, 0.3) is 10.7 Å². The van der Waals surface area contributed by atoms with Crippen molar-refractivity contribution in [3.05, 3.63) is 37.0 Å². The van der Waals surface area contributed by atoms with Gasteiger partial charge in [-0.1, -0.05) is 24.4 Å². The van der Waals surface area contributed by atoms with Crippen LogP contribution in [0.3, 0.4) is 0 Å². The first-order chi connectivity index (χ1) is 9.15. The molecule has 0 atom stereocenters. The zero-order chi connectivity index (χ0) is 13.4. The van der Waals surface area contributed by atoms with Gasteiger partial charge in [-0.15, -0.1) is 11.3 Å². The quantitative estimate of drug-likeness (QED) is 0.853. The molecule has 1 N–H and O–H groups in total. The smallest absolute Gasteiger partial charge is 0.265 e. The van der Waals surface area contributed by atoms with Crippen molar-refractivity contribution in [2.75, 3.05) is 0 Å². The second kappa shape index (κ2) is 5.38. The highest BCUT2D eigenvalue weighted by Crippen LogP contribution is 2.36. The van der Waals surface area contributed by atoms with Gasteiger partial charge >= 0.3 is 0 Å². The molecule has 19 heavy (non-hydrogen) atoms. The van der Waals surface area contributed by atoms with Crippen LogP contribution >= 0.6 is 38.9 Å². The molecular formula is C13H12BrClN2OS. The SMILES string of the molecule is O=c1[nH]c(-c2ccc(Cl)s2)nc(C2CCCC2)c1Br. The van der Waals surface area contributed by atoms with Crippen LogP contribution in [0.4, 0.5) is 0 Å². The molecule has 100 valence electrons. The topological polar surface area (TPSA) is 45.8 Å². The summed E-state index contributed by atoms with van der Waals surface area (Å²) in [5, 5.41) is 0. The first-order valence-electron chi connectivity index (χ1n) is 6.20. The first-order valence-corrected chi connectivity index (χ1v) is 8.19. The second-order valence-electron chi connectivity index (χ2n) is 4.70. The molecule has 0 aromatic carbocycles. The number of rotatable bonds is 2. The number of hydrogen-bond donors (Lipinski definition) is 1. The summed E-state index contributed by atoms with van der Waals surface area (Å²) in [7, 11) is 0. The molecule has 6 heteroatoms. The number of aromatic amines is 1. The fraction of sp³-hybridized carbons (Fsp3) is 0.385. The lowest BCUT2D eigenvalue weighted by Crippen LogP contribution is -2.15. The molecule has 1 aliphatic carbocycles. The summed E-state index contributed by atoms with van der Waals surface area (Å²) < 4.78 is 1.27. The van der Waals surface area contributed by atoms with E-state index in [4.69, 9.17) is 11.6 Å². The maximum absolute atomic E-state index is 12.0. The fourth-order valence-corrected chi connectivity index (χ4v) is 4.00. The van der Waals surface area contributed by atoms with E-state index in [0.29, 0.717) is 20.6 Å². The van der Waals surface area contributed by atoms with E-state index in [0.717, 1.165) is 23.4 Å². The summed E-state index contributed by atoms with van der Waals surface area (Å²) in [5.74, 6) is 1.01. The van der Waals surface area contributed by atoms with E-state index >= 15 is 0 Å². The highest BCUT2D eigenvalue weighted by Gasteiger charge is 2.23. The van der Waals surface area contributed by atoms with Gasteiger partial charge in [-0.3, -0.25) is 4.79 Å². The Kier molecular flexibility index (Phi) is 3.78. The van der Waals surface area contributed by atoms with E-state index in [1.165, 1.54) is 24.2 Å². The predicted octanol–water partition coefficient (Wildman–Crippen LogP) is 4.57. The van der Waals surface area contributed by atoms with Crippen LogP contribution in [0.2, 0.25) is 4.34 Å². The maximum atomic E-state index is 12.0. The molecule has 0 amide bonds. The minimum atomic E-state index is -0.114. The summed E-state index contributed by atoms with van der Waals surface area (Å²) in [6.45, 7) is 0. The summed E-state index contributed by atoms with van der Waals surface area (Å²) in [6.07, 6.45) is 4.65. The zero-order valence-electron chi connectivity index (χ0n) is 10.1. The molecule has 0 saturated heterocycles. The zero-order valence-corrected chi connectivity index (χ0v) is 13.2. The van der Waals surface area contributed by atoms with Crippen LogP contribution in [-0.2, 0) is 0 Å². The van der Waals surface area contributed by atoms with Gasteiger partial charge in [-0.05, 0) is 40.9 Å². The van der Waals surface area contributed by atoms with Crippen molar-refractivity contribution in [2.45, 2.75) is 31.6 Å². The third-order valence-corrected chi connectivity index (χ3v) is 5.44. The van der Waals surface area contributed by atoms with Gasteiger partial charge in [0.2, 0.25) is 0 Å². The fourth-order valence-electron chi connectivity index (χ4n) is 2.50. The Balaban J connectivity index is 2.09. The Morgan fingerprint density at radius 3 is 2.74 bits per heavy atom. The molecule has 0 radical (unpaired) electrons. The number of hydrogen-bond acceptors (Lipinski definition) is 3. The first kappa shape index (κ1) is 13.3. The molecule has 0 bridgehead atoms. The minimum absolute atomic E-state index is 0.114. The lowest BCUT2D eigenvalue weighted by molar-refractivity contribution is 0.688. The van der Waals surface area contributed by atoms with E-state index < -0.39 is 0 Å². The monoisotopic (exact) mass is 358 g/mol. The van der Waals surface area contributed by atoms with E-state index in [2.05, 4.69) is 25.9 Å². The molecule has 3 rings (SSSR count). The van der Waals surface area contributed by atoms with Crippen LogP contribution in [0.5, 0.6) is 0 Å². The van der Waals surface area contributed by atoms with Crippen molar-refractivity contribution < 1.29 is 0 Å². The molecule has 1 aliphatic rings. The van der Waals surface area contributed by atoms with Gasteiger partial charge in [0.25, 0.3) is 5.56 Å². The van der Waals surface area contributed by atoms with Crippen molar-refractivity contribution in [2.24, 2.45) is 0 Å². The Bertz CT molecular complexity index is 661. The Morgan fingerprint density at radius 2 is 2.11 bits per heavy atom. The number of thiophene rings is 1. The highest BCUT2D eigenvalue weighted by atomic mass is 79.9. The summed E-state index contributed by atoms with van der Waals surface area (Å²) in [6, 6.07) is 3.70. The van der Waals surface area contributed by atoms with Gasteiger partial charge in [0.1, 0.15) is 4.47 Å². The van der Waals surface area contributed by atoms with Gasteiger partial charge in [0.05, 0.1) is 14.9 Å². The number of H-pyrrole nitrogens is 1. The molecule has 1 fully saturated rings.